The Kier molecular flexibility index (Phi) is 3.73. The lowest BCUT2D eigenvalue weighted by Crippen LogP contribution is -2.44. The summed E-state index contributed by atoms with van der Waals surface area (Å²) in [5, 5.41) is 0. The van der Waals surface area contributed by atoms with E-state index in [1.54, 1.807) is 0 Å². The van der Waals surface area contributed by atoms with Crippen LogP contribution in [0.5, 0.6) is 0 Å². The number of halogens is 3. The van der Waals surface area contributed by atoms with Gasteiger partial charge in [0.15, 0.2) is 0 Å². The van der Waals surface area contributed by atoms with E-state index >= 15 is 0 Å². The van der Waals surface area contributed by atoms with Gasteiger partial charge in [-0.25, -0.2) is 9.69 Å². The fraction of sp³-hybridized carbons (Fsp3) is 0.750. The second-order valence-corrected chi connectivity index (χ2v) is 3.84. The lowest BCUT2D eigenvalue weighted by molar-refractivity contribution is -0.182. The number of carbonyl (C=O) groups excluding carboxylic acids is 2. The van der Waals surface area contributed by atoms with Gasteiger partial charge in [0, 0.05) is 7.05 Å². The highest BCUT2D eigenvalue weighted by molar-refractivity contribution is 5.94. The van der Waals surface area contributed by atoms with Gasteiger partial charge in [0.2, 0.25) is 0 Å². The van der Waals surface area contributed by atoms with Gasteiger partial charge in [-0.2, -0.15) is 13.2 Å². The molecule has 0 aromatic carbocycles. The summed E-state index contributed by atoms with van der Waals surface area (Å²) in [5.41, 5.74) is -0.947. The quantitative estimate of drug-likeness (QED) is 0.635. The van der Waals surface area contributed by atoms with Crippen LogP contribution in [0.25, 0.3) is 0 Å². The van der Waals surface area contributed by atoms with Crippen molar-refractivity contribution in [2.75, 3.05) is 7.05 Å². The molecule has 0 bridgehead atoms. The van der Waals surface area contributed by atoms with Crippen molar-refractivity contribution in [1.82, 2.24) is 4.90 Å². The molecule has 0 radical (unpaired) electrons. The van der Waals surface area contributed by atoms with Crippen LogP contribution in [0.1, 0.15) is 20.8 Å². The number of nitrogens with zero attached hydrogens (tertiary/aromatic N) is 1. The molecule has 0 heterocycles. The van der Waals surface area contributed by atoms with E-state index in [0.717, 1.165) is 0 Å². The zero-order chi connectivity index (χ0) is 12.4. The van der Waals surface area contributed by atoms with Crippen molar-refractivity contribution >= 4 is 12.0 Å². The predicted molar refractivity (Wildman–Crippen MR) is 45.1 cm³/mol. The number of amides is 2. The fourth-order valence-corrected chi connectivity index (χ4v) is 0.603. The topological polar surface area (TPSA) is 46.6 Å². The molecule has 0 saturated carbocycles. The number of alkyl halides is 3. The number of imide groups is 1. The van der Waals surface area contributed by atoms with Gasteiger partial charge < -0.3 is 4.74 Å². The average Bonchev–Trinajstić information content (AvgIpc) is 1.96. The minimum atomic E-state index is -5.08. The van der Waals surface area contributed by atoms with Crippen LogP contribution in [-0.4, -0.2) is 35.7 Å². The second kappa shape index (κ2) is 4.08. The van der Waals surface area contributed by atoms with E-state index in [0.29, 0.717) is 7.05 Å². The van der Waals surface area contributed by atoms with Crippen molar-refractivity contribution < 1.29 is 27.5 Å². The lowest BCUT2D eigenvalue weighted by atomic mass is 10.2. The van der Waals surface area contributed by atoms with Gasteiger partial charge in [-0.05, 0) is 20.8 Å². The molecule has 0 aliphatic heterocycles. The Morgan fingerprint density at radius 3 is 1.80 bits per heavy atom. The van der Waals surface area contributed by atoms with E-state index in [-0.39, 0.29) is 4.90 Å². The fourth-order valence-electron chi connectivity index (χ4n) is 0.603. The Labute approximate surface area is 85.0 Å². The maximum Gasteiger partial charge on any atom is 0.471 e. The molecule has 88 valence electrons. The zero-order valence-corrected chi connectivity index (χ0v) is 8.81. The molecule has 0 aliphatic carbocycles. The Balaban J connectivity index is 4.54. The van der Waals surface area contributed by atoms with Gasteiger partial charge in [-0.15, -0.1) is 0 Å². The van der Waals surface area contributed by atoms with Crippen LogP contribution in [0.3, 0.4) is 0 Å². The summed E-state index contributed by atoms with van der Waals surface area (Å²) >= 11 is 0. The van der Waals surface area contributed by atoms with Crippen molar-refractivity contribution in [3.05, 3.63) is 0 Å². The third-order valence-electron chi connectivity index (χ3n) is 1.21. The van der Waals surface area contributed by atoms with E-state index < -0.39 is 23.8 Å². The van der Waals surface area contributed by atoms with E-state index in [4.69, 9.17) is 0 Å². The third-order valence-corrected chi connectivity index (χ3v) is 1.21. The molecule has 2 amide bonds. The van der Waals surface area contributed by atoms with Crippen LogP contribution in [0.4, 0.5) is 18.0 Å². The van der Waals surface area contributed by atoms with E-state index in [2.05, 4.69) is 4.74 Å². The van der Waals surface area contributed by atoms with Crippen molar-refractivity contribution in [2.24, 2.45) is 0 Å². The molecular weight excluding hydrogens is 215 g/mol. The molecule has 0 saturated heterocycles. The van der Waals surface area contributed by atoms with E-state index in [9.17, 15) is 22.8 Å². The molecule has 0 atom stereocenters. The van der Waals surface area contributed by atoms with E-state index in [1.165, 1.54) is 20.8 Å². The SMILES string of the molecule is CN(C(=O)OC(C)(C)C)C(=O)C(F)(F)F. The average molecular weight is 227 g/mol. The normalized spacial score (nSPS) is 12.2. The molecule has 0 N–H and O–H groups in total. The van der Waals surface area contributed by atoms with Gasteiger partial charge in [-0.1, -0.05) is 0 Å². The maximum atomic E-state index is 11.9. The third kappa shape index (κ3) is 4.66. The smallest absolute Gasteiger partial charge is 0.443 e. The highest BCUT2D eigenvalue weighted by atomic mass is 19.4. The molecule has 0 spiro atoms. The number of hydrogen-bond donors (Lipinski definition) is 0. The summed E-state index contributed by atoms with van der Waals surface area (Å²) in [6, 6.07) is 0. The van der Waals surface area contributed by atoms with Crippen LogP contribution in [0, 0.1) is 0 Å². The monoisotopic (exact) mass is 227 g/mol. The molecule has 0 rings (SSSR count). The summed E-state index contributed by atoms with van der Waals surface area (Å²) in [4.78, 5) is 21.5. The van der Waals surface area contributed by atoms with Crippen molar-refractivity contribution in [3.8, 4) is 0 Å². The first-order valence-electron chi connectivity index (χ1n) is 4.03. The highest BCUT2D eigenvalue weighted by Gasteiger charge is 2.44. The van der Waals surface area contributed by atoms with E-state index in [1.807, 2.05) is 0 Å². The first-order valence-corrected chi connectivity index (χ1v) is 4.03. The first-order chi connectivity index (χ1) is 6.45. The summed E-state index contributed by atoms with van der Waals surface area (Å²) in [6.45, 7) is 4.45. The predicted octanol–water partition coefficient (Wildman–Crippen LogP) is 1.94. The Bertz CT molecular complexity index is 267. The molecule has 0 fully saturated rings. The summed E-state index contributed by atoms with van der Waals surface area (Å²) in [5.74, 6) is -2.25. The number of rotatable bonds is 0. The zero-order valence-electron chi connectivity index (χ0n) is 8.81. The molecule has 0 aromatic heterocycles. The Morgan fingerprint density at radius 1 is 1.13 bits per heavy atom. The van der Waals surface area contributed by atoms with Gasteiger partial charge in [0.05, 0.1) is 0 Å². The van der Waals surface area contributed by atoms with Gasteiger partial charge >= 0.3 is 18.2 Å². The number of carbonyl (C=O) groups is 2. The molecule has 0 unspecified atom stereocenters. The molecule has 0 aromatic rings. The Morgan fingerprint density at radius 2 is 1.53 bits per heavy atom. The van der Waals surface area contributed by atoms with Crippen molar-refractivity contribution in [2.45, 2.75) is 32.5 Å². The van der Waals surface area contributed by atoms with Crippen molar-refractivity contribution in [1.29, 1.82) is 0 Å². The van der Waals surface area contributed by atoms with Crippen molar-refractivity contribution in [3.63, 3.8) is 0 Å². The van der Waals surface area contributed by atoms with Crippen LogP contribution >= 0.6 is 0 Å². The first kappa shape index (κ1) is 13.7. The minimum absolute atomic E-state index is 0.106. The molecular formula is C8H12F3NO3. The lowest BCUT2D eigenvalue weighted by Gasteiger charge is -2.23. The molecule has 7 heteroatoms. The van der Waals surface area contributed by atoms with Gasteiger partial charge in [-0.3, -0.25) is 4.79 Å². The van der Waals surface area contributed by atoms with Crippen LogP contribution in [-0.2, 0) is 9.53 Å². The number of ether oxygens (including phenoxy) is 1. The summed E-state index contributed by atoms with van der Waals surface area (Å²) in [6.07, 6.45) is -6.41. The standard InChI is InChI=1S/C8H12F3NO3/c1-7(2,3)15-6(14)12(4)5(13)8(9,10)11/h1-4H3. The molecule has 0 aliphatic rings. The largest absolute Gasteiger partial charge is 0.471 e. The second-order valence-electron chi connectivity index (χ2n) is 3.84. The van der Waals surface area contributed by atoms with Crippen LogP contribution in [0.2, 0.25) is 0 Å². The highest BCUT2D eigenvalue weighted by Crippen LogP contribution is 2.19. The molecule has 15 heavy (non-hydrogen) atoms. The van der Waals surface area contributed by atoms with Crippen LogP contribution in [0.15, 0.2) is 0 Å². The number of hydrogen-bond acceptors (Lipinski definition) is 3. The van der Waals surface area contributed by atoms with Crippen LogP contribution < -0.4 is 0 Å². The molecule has 4 nitrogen and oxygen atoms in total. The summed E-state index contributed by atoms with van der Waals surface area (Å²) in [7, 11) is 0.712. The van der Waals surface area contributed by atoms with Gasteiger partial charge in [0.25, 0.3) is 0 Å². The maximum absolute atomic E-state index is 11.9. The Hall–Kier alpha value is -1.27. The minimum Gasteiger partial charge on any atom is -0.443 e. The van der Waals surface area contributed by atoms with Gasteiger partial charge in [0.1, 0.15) is 5.60 Å². The summed E-state index contributed by atoms with van der Waals surface area (Å²) < 4.78 is 40.3.